The molecule has 0 bridgehead atoms. The minimum absolute atomic E-state index is 0.0217. The number of rotatable bonds is 9. The number of Topliss-reactive ketones (excluding diaryl/α,β-unsaturated/α-hetero) is 1. The third-order valence-corrected chi connectivity index (χ3v) is 5.47. The molecular weight excluding hydrogens is 420 g/mol. The second-order valence-electron chi connectivity index (χ2n) is 5.98. The Bertz CT molecular complexity index is 1010. The van der Waals surface area contributed by atoms with Crippen molar-refractivity contribution < 1.29 is 27.5 Å². The van der Waals surface area contributed by atoms with Crippen molar-refractivity contribution in [3.8, 4) is 0 Å². The highest BCUT2D eigenvalue weighted by Crippen LogP contribution is 2.15. The number of ether oxygens (including phenoxy) is 1. The van der Waals surface area contributed by atoms with Crippen LogP contribution < -0.4 is 10.0 Å². The molecule has 0 saturated carbocycles. The summed E-state index contributed by atoms with van der Waals surface area (Å²) < 4.78 is 31.1. The van der Waals surface area contributed by atoms with Gasteiger partial charge in [-0.1, -0.05) is 41.4 Å². The molecule has 0 fully saturated rings. The van der Waals surface area contributed by atoms with Crippen molar-refractivity contribution in [3.63, 3.8) is 0 Å². The van der Waals surface area contributed by atoms with Crippen molar-refractivity contribution in [2.24, 2.45) is 0 Å². The van der Waals surface area contributed by atoms with Gasteiger partial charge in [-0.2, -0.15) is 0 Å². The fraction of sp³-hybridized carbons (Fsp3) is 0.211. The number of sulfonamides is 1. The van der Waals surface area contributed by atoms with Gasteiger partial charge in [0.15, 0.2) is 6.61 Å². The number of carbonyl (C=O) groups is 3. The van der Waals surface area contributed by atoms with E-state index in [0.717, 1.165) is 5.56 Å². The van der Waals surface area contributed by atoms with Crippen molar-refractivity contribution in [1.29, 1.82) is 0 Å². The molecule has 0 aliphatic rings. The van der Waals surface area contributed by atoms with Gasteiger partial charge in [-0.3, -0.25) is 14.4 Å². The summed E-state index contributed by atoms with van der Waals surface area (Å²) in [6.45, 7) is 0.222. The fourth-order valence-corrected chi connectivity index (χ4v) is 3.38. The Kier molecular flexibility index (Phi) is 7.89. The lowest BCUT2D eigenvalue weighted by molar-refractivity contribution is -0.142. The zero-order valence-corrected chi connectivity index (χ0v) is 17.0. The van der Waals surface area contributed by atoms with Gasteiger partial charge in [0.05, 0.1) is 16.5 Å². The van der Waals surface area contributed by atoms with E-state index in [2.05, 4.69) is 10.0 Å². The Morgan fingerprint density at radius 2 is 1.66 bits per heavy atom. The summed E-state index contributed by atoms with van der Waals surface area (Å²) in [6, 6.07) is 12.4. The summed E-state index contributed by atoms with van der Waals surface area (Å²) >= 11 is 5.89. The lowest BCUT2D eigenvalue weighted by atomic mass is 10.1. The van der Waals surface area contributed by atoms with E-state index in [-0.39, 0.29) is 15.5 Å². The van der Waals surface area contributed by atoms with Crippen LogP contribution in [0, 0.1) is 6.92 Å². The molecule has 154 valence electrons. The number of esters is 1. The number of halogens is 1. The quantitative estimate of drug-likeness (QED) is 0.452. The summed E-state index contributed by atoms with van der Waals surface area (Å²) in [4.78, 5) is 35.4. The van der Waals surface area contributed by atoms with E-state index in [1.54, 1.807) is 24.3 Å². The number of hydrogen-bond donors (Lipinski definition) is 2. The number of benzene rings is 2. The maximum atomic E-state index is 12.1. The molecule has 0 aliphatic carbocycles. The number of nitrogens with one attached hydrogen (secondary N) is 2. The Morgan fingerprint density at radius 3 is 2.31 bits per heavy atom. The third-order valence-electron chi connectivity index (χ3n) is 3.72. The number of carbonyl (C=O) groups excluding carboxylic acids is 3. The number of hydrogen-bond acceptors (Lipinski definition) is 6. The first-order chi connectivity index (χ1) is 13.7. The predicted octanol–water partition coefficient (Wildman–Crippen LogP) is 1.47. The highest BCUT2D eigenvalue weighted by atomic mass is 35.5. The summed E-state index contributed by atoms with van der Waals surface area (Å²) in [6.07, 6.45) is 0. The smallest absolute Gasteiger partial charge is 0.325 e. The summed E-state index contributed by atoms with van der Waals surface area (Å²) in [5, 5.41) is 2.45. The van der Waals surface area contributed by atoms with Gasteiger partial charge in [-0.05, 0) is 31.2 Å². The van der Waals surface area contributed by atoms with Crippen LogP contribution in [0.4, 0.5) is 0 Å². The van der Waals surface area contributed by atoms with Crippen molar-refractivity contribution in [3.05, 3.63) is 64.7 Å². The number of amides is 1. The van der Waals surface area contributed by atoms with E-state index < -0.39 is 47.4 Å². The second-order valence-corrected chi connectivity index (χ2v) is 8.15. The highest BCUT2D eigenvalue weighted by Gasteiger charge is 2.16. The first kappa shape index (κ1) is 22.5. The van der Waals surface area contributed by atoms with Gasteiger partial charge in [0.2, 0.25) is 21.7 Å². The van der Waals surface area contributed by atoms with Gasteiger partial charge in [-0.25, -0.2) is 13.1 Å². The van der Waals surface area contributed by atoms with E-state index in [0.29, 0.717) is 0 Å². The van der Waals surface area contributed by atoms with Gasteiger partial charge < -0.3 is 10.1 Å². The van der Waals surface area contributed by atoms with Crippen LogP contribution >= 0.6 is 11.6 Å². The van der Waals surface area contributed by atoms with Gasteiger partial charge in [0, 0.05) is 5.56 Å². The molecular formula is C19H19ClN2O6S. The van der Waals surface area contributed by atoms with E-state index in [1.807, 2.05) is 6.92 Å². The molecule has 0 aliphatic heterocycles. The molecule has 0 heterocycles. The molecule has 0 spiro atoms. The van der Waals surface area contributed by atoms with E-state index in [4.69, 9.17) is 16.3 Å². The SMILES string of the molecule is Cc1ccc(S(=O)(=O)NCC(=O)NCC(=O)OCC(=O)c2ccccc2Cl)cc1. The molecule has 0 atom stereocenters. The first-order valence-corrected chi connectivity index (χ1v) is 10.3. The molecule has 2 aromatic carbocycles. The van der Waals surface area contributed by atoms with Gasteiger partial charge >= 0.3 is 5.97 Å². The second kappa shape index (κ2) is 10.1. The maximum absolute atomic E-state index is 12.1. The van der Waals surface area contributed by atoms with E-state index in [1.165, 1.54) is 24.3 Å². The standard InChI is InChI=1S/C19H19ClN2O6S/c1-13-6-8-14(9-7-13)29(26,27)22-10-18(24)21-11-19(25)28-12-17(23)15-4-2-3-5-16(15)20/h2-9,22H,10-12H2,1H3,(H,21,24). The van der Waals surface area contributed by atoms with Crippen LogP contribution in [0.2, 0.25) is 5.02 Å². The van der Waals surface area contributed by atoms with Crippen LogP contribution in [0.5, 0.6) is 0 Å². The van der Waals surface area contributed by atoms with Crippen molar-refractivity contribution in [1.82, 2.24) is 10.0 Å². The minimum atomic E-state index is -3.85. The third kappa shape index (κ3) is 6.97. The van der Waals surface area contributed by atoms with E-state index in [9.17, 15) is 22.8 Å². The number of ketones is 1. The average Bonchev–Trinajstić information content (AvgIpc) is 2.69. The van der Waals surface area contributed by atoms with Crippen LogP contribution in [-0.2, 0) is 24.3 Å². The zero-order valence-electron chi connectivity index (χ0n) is 15.5. The lowest BCUT2D eigenvalue weighted by Crippen LogP contribution is -2.39. The van der Waals surface area contributed by atoms with Crippen LogP contribution in [0.1, 0.15) is 15.9 Å². The summed E-state index contributed by atoms with van der Waals surface area (Å²) in [5.74, 6) is -2.06. The molecule has 2 N–H and O–H groups in total. The maximum Gasteiger partial charge on any atom is 0.325 e. The summed E-state index contributed by atoms with van der Waals surface area (Å²) in [5.41, 5.74) is 1.12. The molecule has 0 aromatic heterocycles. The van der Waals surface area contributed by atoms with Crippen LogP contribution in [-0.4, -0.2) is 45.8 Å². The zero-order chi connectivity index (χ0) is 21.4. The molecule has 1 amide bonds. The van der Waals surface area contributed by atoms with Crippen molar-refractivity contribution in [2.75, 3.05) is 19.7 Å². The molecule has 2 rings (SSSR count). The molecule has 8 nitrogen and oxygen atoms in total. The molecule has 0 unspecified atom stereocenters. The van der Waals surface area contributed by atoms with Crippen LogP contribution in [0.25, 0.3) is 0 Å². The normalized spacial score (nSPS) is 11.0. The molecule has 10 heteroatoms. The van der Waals surface area contributed by atoms with Crippen LogP contribution in [0.15, 0.2) is 53.4 Å². The van der Waals surface area contributed by atoms with Crippen LogP contribution in [0.3, 0.4) is 0 Å². The number of aryl methyl sites for hydroxylation is 1. The minimum Gasteiger partial charge on any atom is -0.456 e. The molecule has 0 saturated heterocycles. The lowest BCUT2D eigenvalue weighted by Gasteiger charge is -2.08. The molecule has 2 aromatic rings. The summed E-state index contributed by atoms with van der Waals surface area (Å²) in [7, 11) is -3.85. The topological polar surface area (TPSA) is 119 Å². The van der Waals surface area contributed by atoms with Gasteiger partial charge in [0.1, 0.15) is 6.54 Å². The van der Waals surface area contributed by atoms with E-state index >= 15 is 0 Å². The van der Waals surface area contributed by atoms with Crippen molar-refractivity contribution >= 4 is 39.3 Å². The predicted molar refractivity (Wildman–Crippen MR) is 106 cm³/mol. The van der Waals surface area contributed by atoms with Crippen molar-refractivity contribution in [2.45, 2.75) is 11.8 Å². The highest BCUT2D eigenvalue weighted by molar-refractivity contribution is 7.89. The first-order valence-electron chi connectivity index (χ1n) is 8.45. The monoisotopic (exact) mass is 438 g/mol. The molecule has 0 radical (unpaired) electrons. The fourth-order valence-electron chi connectivity index (χ4n) is 2.16. The van der Waals surface area contributed by atoms with Gasteiger partial charge in [-0.15, -0.1) is 0 Å². The molecule has 29 heavy (non-hydrogen) atoms. The van der Waals surface area contributed by atoms with Gasteiger partial charge in [0.25, 0.3) is 0 Å². The Hall–Kier alpha value is -2.75. The Morgan fingerprint density at radius 1 is 1.00 bits per heavy atom. The Balaban J connectivity index is 1.74. The Labute approximate surface area is 173 Å². The average molecular weight is 439 g/mol. The largest absolute Gasteiger partial charge is 0.456 e.